The molecule has 21 heavy (non-hydrogen) atoms. The number of rotatable bonds is 3. The molecule has 0 radical (unpaired) electrons. The molecule has 0 unspecified atom stereocenters. The summed E-state index contributed by atoms with van der Waals surface area (Å²) in [5.41, 5.74) is 0.758. The molecule has 3 rings (SSSR count). The van der Waals surface area contributed by atoms with Crippen molar-refractivity contribution in [3.63, 3.8) is 0 Å². The van der Waals surface area contributed by atoms with E-state index in [0.717, 1.165) is 5.56 Å². The van der Waals surface area contributed by atoms with Crippen LogP contribution in [-0.4, -0.2) is 15.6 Å². The first-order valence-electron chi connectivity index (χ1n) is 6.56. The molecule has 1 aromatic carbocycles. The van der Waals surface area contributed by atoms with Crippen LogP contribution in [-0.2, 0) is 6.54 Å². The zero-order valence-electron chi connectivity index (χ0n) is 11.4. The number of fused-ring (bicyclic) bond motifs is 1. The summed E-state index contributed by atoms with van der Waals surface area (Å²) in [6.45, 7) is 2.48. The molecule has 1 N–H and O–H groups in total. The number of aromatic carboxylic acids is 1. The van der Waals surface area contributed by atoms with E-state index < -0.39 is 11.4 Å². The average molecular weight is 283 g/mol. The zero-order valence-corrected chi connectivity index (χ0v) is 11.4. The minimum Gasteiger partial charge on any atom is -0.477 e. The summed E-state index contributed by atoms with van der Waals surface area (Å²) in [6.07, 6.45) is 2.94. The van der Waals surface area contributed by atoms with E-state index in [-0.39, 0.29) is 5.56 Å². The molecule has 0 saturated carbocycles. The van der Waals surface area contributed by atoms with Crippen LogP contribution in [0.3, 0.4) is 0 Å². The first-order chi connectivity index (χ1) is 10.1. The maximum Gasteiger partial charge on any atom is 0.341 e. The number of furan rings is 1. The van der Waals surface area contributed by atoms with Crippen molar-refractivity contribution in [1.29, 1.82) is 0 Å². The first kappa shape index (κ1) is 13.2. The minimum atomic E-state index is -1.22. The topological polar surface area (TPSA) is 72.4 Å². The largest absolute Gasteiger partial charge is 0.477 e. The SMILES string of the molecule is CCn1cc(C(=O)O)c(=O)c2cc(-c3ccco3)ccc21. The van der Waals surface area contributed by atoms with Gasteiger partial charge in [0.15, 0.2) is 0 Å². The number of nitrogens with zero attached hydrogens (tertiary/aromatic N) is 1. The Morgan fingerprint density at radius 1 is 1.33 bits per heavy atom. The second-order valence-corrected chi connectivity index (χ2v) is 4.67. The molecule has 0 saturated heterocycles. The lowest BCUT2D eigenvalue weighted by Crippen LogP contribution is -2.18. The summed E-state index contributed by atoms with van der Waals surface area (Å²) in [4.78, 5) is 23.6. The van der Waals surface area contributed by atoms with Crippen LogP contribution in [0.15, 0.2) is 52.0 Å². The van der Waals surface area contributed by atoms with Gasteiger partial charge in [-0.2, -0.15) is 0 Å². The highest BCUT2D eigenvalue weighted by molar-refractivity contribution is 5.93. The number of hydrogen-bond acceptors (Lipinski definition) is 3. The van der Waals surface area contributed by atoms with E-state index in [1.807, 2.05) is 19.1 Å². The summed E-state index contributed by atoms with van der Waals surface area (Å²) in [5, 5.41) is 9.55. The molecule has 0 spiro atoms. The summed E-state index contributed by atoms with van der Waals surface area (Å²) in [5.74, 6) is -0.576. The van der Waals surface area contributed by atoms with Crippen LogP contribution in [0.25, 0.3) is 22.2 Å². The van der Waals surface area contributed by atoms with Gasteiger partial charge in [0, 0.05) is 23.7 Å². The van der Waals surface area contributed by atoms with E-state index in [2.05, 4.69) is 0 Å². The van der Waals surface area contributed by atoms with Crippen molar-refractivity contribution in [1.82, 2.24) is 4.57 Å². The Kier molecular flexibility index (Phi) is 3.10. The number of aromatic nitrogens is 1. The lowest BCUT2D eigenvalue weighted by atomic mass is 10.1. The summed E-state index contributed by atoms with van der Waals surface area (Å²) in [7, 11) is 0. The molecule has 0 aliphatic rings. The van der Waals surface area contributed by atoms with Gasteiger partial charge in [0.1, 0.15) is 11.3 Å². The van der Waals surface area contributed by atoms with E-state index in [0.29, 0.717) is 23.2 Å². The van der Waals surface area contributed by atoms with Crippen molar-refractivity contribution >= 4 is 16.9 Å². The van der Waals surface area contributed by atoms with E-state index >= 15 is 0 Å². The Morgan fingerprint density at radius 3 is 2.76 bits per heavy atom. The van der Waals surface area contributed by atoms with Crippen LogP contribution in [0, 0.1) is 0 Å². The molecular formula is C16H13NO4. The van der Waals surface area contributed by atoms with Crippen molar-refractivity contribution in [2.75, 3.05) is 0 Å². The van der Waals surface area contributed by atoms with Gasteiger partial charge in [-0.3, -0.25) is 4.79 Å². The lowest BCUT2D eigenvalue weighted by molar-refractivity contribution is 0.0695. The van der Waals surface area contributed by atoms with Crippen LogP contribution in [0.2, 0.25) is 0 Å². The number of carbonyl (C=O) groups is 1. The van der Waals surface area contributed by atoms with E-state index in [9.17, 15) is 9.59 Å². The Balaban J connectivity index is 2.36. The Labute approximate surface area is 120 Å². The molecular weight excluding hydrogens is 270 g/mol. The molecule has 0 bridgehead atoms. The second-order valence-electron chi connectivity index (χ2n) is 4.67. The average Bonchev–Trinajstić information content (AvgIpc) is 3.01. The van der Waals surface area contributed by atoms with E-state index in [4.69, 9.17) is 9.52 Å². The van der Waals surface area contributed by atoms with Crippen molar-refractivity contribution in [3.8, 4) is 11.3 Å². The molecule has 5 heteroatoms. The predicted molar refractivity (Wildman–Crippen MR) is 78.5 cm³/mol. The number of pyridine rings is 1. The monoisotopic (exact) mass is 283 g/mol. The maximum absolute atomic E-state index is 12.3. The maximum atomic E-state index is 12.3. The third-order valence-corrected chi connectivity index (χ3v) is 3.46. The predicted octanol–water partition coefficient (Wildman–Crippen LogP) is 2.98. The number of hydrogen-bond donors (Lipinski definition) is 1. The Morgan fingerprint density at radius 2 is 2.14 bits per heavy atom. The molecule has 106 valence electrons. The van der Waals surface area contributed by atoms with Gasteiger partial charge >= 0.3 is 5.97 Å². The highest BCUT2D eigenvalue weighted by Gasteiger charge is 2.15. The summed E-state index contributed by atoms with van der Waals surface area (Å²) < 4.78 is 7.07. The highest BCUT2D eigenvalue weighted by atomic mass is 16.4. The Hall–Kier alpha value is -2.82. The van der Waals surface area contributed by atoms with Gasteiger partial charge in [0.2, 0.25) is 5.43 Å². The smallest absolute Gasteiger partial charge is 0.341 e. The highest BCUT2D eigenvalue weighted by Crippen LogP contribution is 2.23. The third kappa shape index (κ3) is 2.12. The number of benzene rings is 1. The van der Waals surface area contributed by atoms with Crippen molar-refractivity contribution in [3.05, 3.63) is 58.6 Å². The fraction of sp³-hybridized carbons (Fsp3) is 0.125. The second kappa shape index (κ2) is 4.94. The van der Waals surface area contributed by atoms with Gasteiger partial charge in [-0.15, -0.1) is 0 Å². The van der Waals surface area contributed by atoms with Crippen molar-refractivity contribution < 1.29 is 14.3 Å². The molecule has 5 nitrogen and oxygen atoms in total. The Bertz CT molecular complexity index is 875. The van der Waals surface area contributed by atoms with Gasteiger partial charge in [-0.25, -0.2) is 4.79 Å². The van der Waals surface area contributed by atoms with Gasteiger partial charge < -0.3 is 14.1 Å². The van der Waals surface area contributed by atoms with Gasteiger partial charge in [-0.1, -0.05) is 0 Å². The fourth-order valence-corrected chi connectivity index (χ4v) is 2.41. The van der Waals surface area contributed by atoms with Crippen LogP contribution in [0.1, 0.15) is 17.3 Å². The molecule has 0 amide bonds. The van der Waals surface area contributed by atoms with Crippen LogP contribution in [0.4, 0.5) is 0 Å². The normalized spacial score (nSPS) is 10.9. The van der Waals surface area contributed by atoms with Crippen LogP contribution < -0.4 is 5.43 Å². The molecule has 2 heterocycles. The molecule has 0 atom stereocenters. The van der Waals surface area contributed by atoms with Crippen molar-refractivity contribution in [2.45, 2.75) is 13.5 Å². The van der Waals surface area contributed by atoms with Gasteiger partial charge in [0.25, 0.3) is 0 Å². The molecule has 0 fully saturated rings. The van der Waals surface area contributed by atoms with Gasteiger partial charge in [0.05, 0.1) is 11.8 Å². The number of aryl methyl sites for hydroxylation is 1. The first-order valence-corrected chi connectivity index (χ1v) is 6.56. The van der Waals surface area contributed by atoms with E-state index in [1.165, 1.54) is 6.20 Å². The standard InChI is InChI=1S/C16H13NO4/c1-2-17-9-12(16(19)20)15(18)11-8-10(5-6-13(11)17)14-4-3-7-21-14/h3-9H,2H2,1H3,(H,19,20). The van der Waals surface area contributed by atoms with Crippen LogP contribution >= 0.6 is 0 Å². The quantitative estimate of drug-likeness (QED) is 0.802. The van der Waals surface area contributed by atoms with Crippen LogP contribution in [0.5, 0.6) is 0 Å². The molecule has 0 aliphatic carbocycles. The molecule has 3 aromatic rings. The lowest BCUT2D eigenvalue weighted by Gasteiger charge is -2.10. The summed E-state index contributed by atoms with van der Waals surface area (Å²) >= 11 is 0. The third-order valence-electron chi connectivity index (χ3n) is 3.46. The number of carboxylic acids is 1. The summed E-state index contributed by atoms with van der Waals surface area (Å²) in [6, 6.07) is 8.89. The van der Waals surface area contributed by atoms with Gasteiger partial charge in [-0.05, 0) is 37.3 Å². The zero-order chi connectivity index (χ0) is 15.0. The number of carboxylic acid groups (broad SMARTS) is 1. The molecule has 0 aliphatic heterocycles. The fourth-order valence-electron chi connectivity index (χ4n) is 2.41. The molecule has 2 aromatic heterocycles. The van der Waals surface area contributed by atoms with Crippen molar-refractivity contribution in [2.24, 2.45) is 0 Å². The van der Waals surface area contributed by atoms with E-state index in [1.54, 1.807) is 29.0 Å². The minimum absolute atomic E-state index is 0.221.